The van der Waals surface area contributed by atoms with Crippen molar-refractivity contribution in [3.63, 3.8) is 0 Å². The number of ether oxygens (including phenoxy) is 1. The summed E-state index contributed by atoms with van der Waals surface area (Å²) in [4.78, 5) is 32.3. The quantitative estimate of drug-likeness (QED) is 0.771. The van der Waals surface area contributed by atoms with Crippen LogP contribution in [0.4, 0.5) is 0 Å². The maximum atomic E-state index is 12.9. The monoisotopic (exact) mass is 398 g/mol. The van der Waals surface area contributed by atoms with Crippen molar-refractivity contribution in [2.24, 2.45) is 0 Å². The molecule has 0 aromatic carbocycles. The highest BCUT2D eigenvalue weighted by Gasteiger charge is 2.24. The van der Waals surface area contributed by atoms with Crippen LogP contribution in [0.3, 0.4) is 0 Å². The molecular weight excluding hydrogens is 368 g/mol. The van der Waals surface area contributed by atoms with E-state index in [1.54, 1.807) is 17.9 Å². The molecule has 0 aliphatic carbocycles. The predicted molar refractivity (Wildman–Crippen MR) is 112 cm³/mol. The van der Waals surface area contributed by atoms with Crippen LogP contribution in [0, 0.1) is 13.8 Å². The molecule has 2 aromatic rings. The van der Waals surface area contributed by atoms with E-state index in [0.29, 0.717) is 18.7 Å². The van der Waals surface area contributed by atoms with E-state index in [9.17, 15) is 9.59 Å². The minimum Gasteiger partial charge on any atom is -0.383 e. The van der Waals surface area contributed by atoms with E-state index in [4.69, 9.17) is 4.74 Å². The number of pyridine rings is 2. The van der Waals surface area contributed by atoms with Crippen LogP contribution < -0.4 is 10.9 Å². The Morgan fingerprint density at radius 3 is 2.72 bits per heavy atom. The number of aromatic nitrogens is 2. The maximum Gasteiger partial charge on any atom is 0.263 e. The van der Waals surface area contributed by atoms with Crippen molar-refractivity contribution in [3.05, 3.63) is 63.3 Å². The maximum absolute atomic E-state index is 12.9. The topological polar surface area (TPSA) is 76.5 Å². The summed E-state index contributed by atoms with van der Waals surface area (Å²) in [7, 11) is 1.60. The van der Waals surface area contributed by atoms with E-state index in [1.807, 2.05) is 32.2 Å². The molecule has 1 saturated heterocycles. The minimum absolute atomic E-state index is 0.0835. The smallest absolute Gasteiger partial charge is 0.263 e. The summed E-state index contributed by atoms with van der Waals surface area (Å²) in [5.41, 5.74) is 2.75. The number of hydrogen-bond donors (Lipinski definition) is 1. The van der Waals surface area contributed by atoms with Gasteiger partial charge >= 0.3 is 0 Å². The number of carbonyl (C=O) groups excluding carboxylic acids is 1. The Kier molecular flexibility index (Phi) is 7.17. The molecule has 7 heteroatoms. The molecule has 1 fully saturated rings. The van der Waals surface area contributed by atoms with Gasteiger partial charge in [0.25, 0.3) is 11.5 Å². The zero-order valence-corrected chi connectivity index (χ0v) is 17.5. The second-order valence-electron chi connectivity index (χ2n) is 7.68. The second-order valence-corrected chi connectivity index (χ2v) is 7.68. The first-order valence-corrected chi connectivity index (χ1v) is 10.1. The van der Waals surface area contributed by atoms with Gasteiger partial charge in [-0.05, 0) is 49.9 Å². The van der Waals surface area contributed by atoms with Crippen LogP contribution in [-0.4, -0.2) is 53.2 Å². The van der Waals surface area contributed by atoms with Gasteiger partial charge in [0.2, 0.25) is 0 Å². The van der Waals surface area contributed by atoms with Crippen LogP contribution in [0.5, 0.6) is 0 Å². The molecule has 1 aliphatic heterocycles. The number of hydrogen-bond acceptors (Lipinski definition) is 5. The first-order chi connectivity index (χ1) is 14.0. The Bertz CT molecular complexity index is 887. The van der Waals surface area contributed by atoms with Crippen LogP contribution in [0.1, 0.15) is 40.0 Å². The van der Waals surface area contributed by atoms with Crippen molar-refractivity contribution in [3.8, 4) is 0 Å². The number of rotatable bonds is 7. The Labute approximate surface area is 171 Å². The third kappa shape index (κ3) is 5.31. The van der Waals surface area contributed by atoms with Gasteiger partial charge in [-0.25, -0.2) is 0 Å². The highest BCUT2D eigenvalue weighted by Crippen LogP contribution is 2.15. The minimum atomic E-state index is -0.274. The number of methoxy groups -OCH3 is 1. The van der Waals surface area contributed by atoms with E-state index in [-0.39, 0.29) is 23.1 Å². The van der Waals surface area contributed by atoms with E-state index in [0.717, 1.165) is 38.2 Å². The molecule has 0 atom stereocenters. The fourth-order valence-corrected chi connectivity index (χ4v) is 3.91. The van der Waals surface area contributed by atoms with Gasteiger partial charge in [0.15, 0.2) is 0 Å². The summed E-state index contributed by atoms with van der Waals surface area (Å²) in [6.07, 6.45) is 5.41. The summed E-state index contributed by atoms with van der Waals surface area (Å²) >= 11 is 0. The summed E-state index contributed by atoms with van der Waals surface area (Å²) in [5, 5.41) is 3.08. The largest absolute Gasteiger partial charge is 0.383 e. The van der Waals surface area contributed by atoms with Gasteiger partial charge in [-0.2, -0.15) is 0 Å². The number of piperidine rings is 1. The highest BCUT2D eigenvalue weighted by atomic mass is 16.5. The highest BCUT2D eigenvalue weighted by molar-refractivity contribution is 5.95. The predicted octanol–water partition coefficient (Wildman–Crippen LogP) is 1.90. The van der Waals surface area contributed by atoms with Crippen LogP contribution in [0.2, 0.25) is 0 Å². The average molecular weight is 399 g/mol. The zero-order chi connectivity index (χ0) is 20.8. The summed E-state index contributed by atoms with van der Waals surface area (Å²) in [6.45, 7) is 7.25. The lowest BCUT2D eigenvalue weighted by molar-refractivity contribution is 0.0905. The molecule has 1 N–H and O–H groups in total. The van der Waals surface area contributed by atoms with Crippen molar-refractivity contribution in [2.75, 3.05) is 26.8 Å². The number of amides is 1. The molecule has 3 rings (SSSR count). The molecule has 1 aliphatic rings. The summed E-state index contributed by atoms with van der Waals surface area (Å²) < 4.78 is 6.70. The number of aryl methyl sites for hydroxylation is 2. The van der Waals surface area contributed by atoms with Gasteiger partial charge in [0.05, 0.1) is 6.61 Å². The van der Waals surface area contributed by atoms with Crippen LogP contribution in [-0.2, 0) is 17.8 Å². The second kappa shape index (κ2) is 9.80. The van der Waals surface area contributed by atoms with Gasteiger partial charge in [0.1, 0.15) is 5.56 Å². The van der Waals surface area contributed by atoms with Gasteiger partial charge in [-0.15, -0.1) is 0 Å². The normalized spacial score (nSPS) is 15.4. The first-order valence-electron chi connectivity index (χ1n) is 10.1. The molecule has 1 amide bonds. The Hall–Kier alpha value is -2.51. The number of likely N-dealkylation sites (tertiary alicyclic amines) is 1. The lowest BCUT2D eigenvalue weighted by Gasteiger charge is -2.32. The number of carbonyl (C=O) groups is 1. The lowest BCUT2D eigenvalue weighted by atomic mass is 10.0. The third-order valence-electron chi connectivity index (χ3n) is 5.50. The molecule has 0 spiro atoms. The number of nitrogens with zero attached hydrogens (tertiary/aromatic N) is 3. The molecule has 3 heterocycles. The SMILES string of the molecule is COCCn1c(C)cc(C)c(C(=O)NC2CCN(Cc3cccnc3)CC2)c1=O. The van der Waals surface area contributed by atoms with Gasteiger partial charge in [0, 0.05) is 57.4 Å². The van der Waals surface area contributed by atoms with E-state index in [2.05, 4.69) is 21.3 Å². The fourth-order valence-electron chi connectivity index (χ4n) is 3.91. The van der Waals surface area contributed by atoms with Crippen molar-refractivity contribution < 1.29 is 9.53 Å². The Balaban J connectivity index is 1.62. The molecule has 156 valence electrons. The van der Waals surface area contributed by atoms with Gasteiger partial charge in [-0.1, -0.05) is 6.07 Å². The van der Waals surface area contributed by atoms with Gasteiger partial charge in [-0.3, -0.25) is 19.5 Å². The molecule has 0 unspecified atom stereocenters. The van der Waals surface area contributed by atoms with Crippen LogP contribution >= 0.6 is 0 Å². The zero-order valence-electron chi connectivity index (χ0n) is 17.5. The molecule has 29 heavy (non-hydrogen) atoms. The lowest BCUT2D eigenvalue weighted by Crippen LogP contribution is -2.46. The first kappa shape index (κ1) is 21.2. The Morgan fingerprint density at radius 2 is 2.07 bits per heavy atom. The van der Waals surface area contributed by atoms with Crippen molar-refractivity contribution >= 4 is 5.91 Å². The Morgan fingerprint density at radius 1 is 1.31 bits per heavy atom. The molecule has 0 bridgehead atoms. The molecule has 0 radical (unpaired) electrons. The molecule has 0 saturated carbocycles. The summed E-state index contributed by atoms with van der Waals surface area (Å²) in [5.74, 6) is -0.274. The van der Waals surface area contributed by atoms with Gasteiger partial charge < -0.3 is 14.6 Å². The molecular formula is C22H30N4O3. The van der Waals surface area contributed by atoms with E-state index >= 15 is 0 Å². The standard InChI is InChI=1S/C22H30N4O3/c1-16-13-17(2)26(11-12-29-3)22(28)20(16)21(27)24-19-6-9-25(10-7-19)15-18-5-4-8-23-14-18/h4-5,8,13-14,19H,6-7,9-12,15H2,1-3H3,(H,24,27). The van der Waals surface area contributed by atoms with Crippen LogP contribution in [0.15, 0.2) is 35.4 Å². The third-order valence-corrected chi connectivity index (χ3v) is 5.50. The van der Waals surface area contributed by atoms with E-state index < -0.39 is 0 Å². The molecule has 7 nitrogen and oxygen atoms in total. The fraction of sp³-hybridized carbons (Fsp3) is 0.500. The van der Waals surface area contributed by atoms with Crippen molar-refractivity contribution in [1.82, 2.24) is 19.8 Å². The van der Waals surface area contributed by atoms with Crippen molar-refractivity contribution in [2.45, 2.75) is 45.8 Å². The van der Waals surface area contributed by atoms with Crippen molar-refractivity contribution in [1.29, 1.82) is 0 Å². The summed E-state index contributed by atoms with van der Waals surface area (Å²) in [6, 6.07) is 6.00. The average Bonchev–Trinajstić information content (AvgIpc) is 2.70. The molecule has 2 aromatic heterocycles. The van der Waals surface area contributed by atoms with E-state index in [1.165, 1.54) is 5.56 Å². The van der Waals surface area contributed by atoms with Crippen LogP contribution in [0.25, 0.3) is 0 Å². The number of nitrogens with one attached hydrogen (secondary N) is 1.